The van der Waals surface area contributed by atoms with Crippen molar-refractivity contribution in [2.24, 2.45) is 0 Å². The fourth-order valence-electron chi connectivity index (χ4n) is 2.83. The summed E-state index contributed by atoms with van der Waals surface area (Å²) in [7, 11) is 0. The summed E-state index contributed by atoms with van der Waals surface area (Å²) < 4.78 is 5.52. The molecule has 0 amide bonds. The number of hydrogen-bond acceptors (Lipinski definition) is 2. The first kappa shape index (κ1) is 13.7. The molecule has 2 heteroatoms. The highest BCUT2D eigenvalue weighted by Crippen LogP contribution is 2.35. The lowest BCUT2D eigenvalue weighted by molar-refractivity contribution is 0.212. The standard InChI is InChI=1S/C19H18O2/c20-15-19(14-18-12-7-13-21-18,16-8-3-1-4-9-16)17-10-5-2-6-11-17/h1-13,20H,14-15H2. The second-order valence-electron chi connectivity index (χ2n) is 5.23. The van der Waals surface area contributed by atoms with Gasteiger partial charge >= 0.3 is 0 Å². The number of aliphatic hydroxyl groups is 1. The third kappa shape index (κ3) is 2.63. The van der Waals surface area contributed by atoms with Crippen LogP contribution in [-0.4, -0.2) is 11.7 Å². The summed E-state index contributed by atoms with van der Waals surface area (Å²) in [6.45, 7) is 0.0295. The predicted octanol–water partition coefficient (Wildman–Crippen LogP) is 3.80. The van der Waals surface area contributed by atoms with Gasteiger partial charge in [-0.25, -0.2) is 0 Å². The molecule has 0 atom stereocenters. The molecular formula is C19H18O2. The van der Waals surface area contributed by atoms with E-state index in [-0.39, 0.29) is 6.61 Å². The first-order valence-electron chi connectivity index (χ1n) is 7.09. The smallest absolute Gasteiger partial charge is 0.105 e. The lowest BCUT2D eigenvalue weighted by atomic mass is 9.72. The molecule has 0 radical (unpaired) electrons. The SMILES string of the molecule is OCC(Cc1ccco1)(c1ccccc1)c1ccccc1. The van der Waals surface area contributed by atoms with Gasteiger partial charge in [-0.3, -0.25) is 0 Å². The van der Waals surface area contributed by atoms with Gasteiger partial charge in [0.05, 0.1) is 18.3 Å². The molecule has 0 bridgehead atoms. The van der Waals surface area contributed by atoms with Crippen LogP contribution in [0.5, 0.6) is 0 Å². The highest BCUT2D eigenvalue weighted by Gasteiger charge is 2.34. The van der Waals surface area contributed by atoms with Gasteiger partial charge in [0.1, 0.15) is 5.76 Å². The molecular weight excluding hydrogens is 260 g/mol. The minimum Gasteiger partial charge on any atom is -0.469 e. The van der Waals surface area contributed by atoms with Crippen LogP contribution in [0.4, 0.5) is 0 Å². The summed E-state index contributed by atoms with van der Waals surface area (Å²) >= 11 is 0. The monoisotopic (exact) mass is 278 g/mol. The zero-order valence-corrected chi connectivity index (χ0v) is 11.8. The van der Waals surface area contributed by atoms with Crippen LogP contribution in [0.15, 0.2) is 83.5 Å². The summed E-state index contributed by atoms with van der Waals surface area (Å²) in [4.78, 5) is 0. The van der Waals surface area contributed by atoms with Crippen LogP contribution in [0.2, 0.25) is 0 Å². The van der Waals surface area contributed by atoms with E-state index < -0.39 is 5.41 Å². The van der Waals surface area contributed by atoms with Crippen LogP contribution in [0.3, 0.4) is 0 Å². The maximum atomic E-state index is 10.2. The average molecular weight is 278 g/mol. The van der Waals surface area contributed by atoms with Gasteiger partial charge in [-0.15, -0.1) is 0 Å². The third-order valence-electron chi connectivity index (χ3n) is 3.98. The van der Waals surface area contributed by atoms with E-state index in [1.807, 2.05) is 48.5 Å². The highest BCUT2D eigenvalue weighted by atomic mass is 16.3. The Kier molecular flexibility index (Phi) is 3.89. The van der Waals surface area contributed by atoms with E-state index in [1.165, 1.54) is 0 Å². The Bertz CT molecular complexity index is 618. The Hall–Kier alpha value is -2.32. The maximum Gasteiger partial charge on any atom is 0.105 e. The molecule has 2 aromatic carbocycles. The normalized spacial score (nSPS) is 11.5. The minimum atomic E-state index is -0.486. The Morgan fingerprint density at radius 1 is 0.762 bits per heavy atom. The van der Waals surface area contributed by atoms with Crippen molar-refractivity contribution in [1.29, 1.82) is 0 Å². The number of aliphatic hydroxyl groups excluding tert-OH is 1. The van der Waals surface area contributed by atoms with E-state index in [4.69, 9.17) is 4.42 Å². The highest BCUT2D eigenvalue weighted by molar-refractivity contribution is 5.41. The second-order valence-corrected chi connectivity index (χ2v) is 5.23. The summed E-state index contributed by atoms with van der Waals surface area (Å²) in [6.07, 6.45) is 2.30. The Balaban J connectivity index is 2.13. The minimum absolute atomic E-state index is 0.0295. The fraction of sp³-hybridized carbons (Fsp3) is 0.158. The quantitative estimate of drug-likeness (QED) is 0.770. The second kappa shape index (κ2) is 5.98. The van der Waals surface area contributed by atoms with Crippen LogP contribution in [-0.2, 0) is 11.8 Å². The molecule has 106 valence electrons. The summed E-state index contributed by atoms with van der Waals surface area (Å²) in [5.74, 6) is 0.872. The largest absolute Gasteiger partial charge is 0.469 e. The molecule has 1 aromatic heterocycles. The Labute approximate surface area is 124 Å². The number of rotatable bonds is 5. The van der Waals surface area contributed by atoms with Gasteiger partial charge in [-0.1, -0.05) is 60.7 Å². The molecule has 0 unspecified atom stereocenters. The third-order valence-corrected chi connectivity index (χ3v) is 3.98. The molecule has 0 aliphatic rings. The topological polar surface area (TPSA) is 33.4 Å². The van der Waals surface area contributed by atoms with E-state index in [2.05, 4.69) is 24.3 Å². The molecule has 1 N–H and O–H groups in total. The van der Waals surface area contributed by atoms with Gasteiger partial charge in [0.2, 0.25) is 0 Å². The molecule has 2 nitrogen and oxygen atoms in total. The van der Waals surface area contributed by atoms with Crippen molar-refractivity contribution in [1.82, 2.24) is 0 Å². The Morgan fingerprint density at radius 3 is 1.76 bits per heavy atom. The van der Waals surface area contributed by atoms with Gasteiger partial charge < -0.3 is 9.52 Å². The zero-order valence-electron chi connectivity index (χ0n) is 11.8. The first-order valence-corrected chi connectivity index (χ1v) is 7.09. The number of benzene rings is 2. The lowest BCUT2D eigenvalue weighted by Gasteiger charge is -2.32. The summed E-state index contributed by atoms with van der Waals surface area (Å²) in [6, 6.07) is 24.1. The molecule has 0 aliphatic heterocycles. The van der Waals surface area contributed by atoms with E-state index in [0.29, 0.717) is 6.42 Å². The van der Waals surface area contributed by atoms with Gasteiger partial charge in [0.15, 0.2) is 0 Å². The molecule has 3 aromatic rings. The average Bonchev–Trinajstić information content (AvgIpc) is 3.07. The van der Waals surface area contributed by atoms with Gasteiger partial charge in [-0.05, 0) is 23.3 Å². The van der Waals surface area contributed by atoms with Crippen molar-refractivity contribution in [2.75, 3.05) is 6.61 Å². The molecule has 0 saturated carbocycles. The van der Waals surface area contributed by atoms with Crippen molar-refractivity contribution in [3.05, 3.63) is 95.9 Å². The van der Waals surface area contributed by atoms with E-state index in [9.17, 15) is 5.11 Å². The molecule has 0 spiro atoms. The first-order chi connectivity index (χ1) is 10.3. The van der Waals surface area contributed by atoms with Crippen LogP contribution < -0.4 is 0 Å². The van der Waals surface area contributed by atoms with Crippen LogP contribution >= 0.6 is 0 Å². The number of hydrogen-bond donors (Lipinski definition) is 1. The summed E-state index contributed by atoms with van der Waals surface area (Å²) in [5, 5.41) is 10.2. The Morgan fingerprint density at radius 2 is 1.33 bits per heavy atom. The predicted molar refractivity (Wildman–Crippen MR) is 83.2 cm³/mol. The number of furan rings is 1. The molecule has 1 heterocycles. The van der Waals surface area contributed by atoms with Crippen LogP contribution in [0, 0.1) is 0 Å². The van der Waals surface area contributed by atoms with E-state index in [0.717, 1.165) is 16.9 Å². The lowest BCUT2D eigenvalue weighted by Crippen LogP contribution is -2.34. The molecule has 0 fully saturated rings. The van der Waals surface area contributed by atoms with Crippen molar-refractivity contribution < 1.29 is 9.52 Å². The zero-order chi connectivity index (χ0) is 14.5. The van der Waals surface area contributed by atoms with Crippen molar-refractivity contribution >= 4 is 0 Å². The van der Waals surface area contributed by atoms with E-state index in [1.54, 1.807) is 6.26 Å². The molecule has 3 rings (SSSR count). The summed E-state index contributed by atoms with van der Waals surface area (Å²) in [5.41, 5.74) is 1.70. The molecule has 21 heavy (non-hydrogen) atoms. The van der Waals surface area contributed by atoms with Gasteiger partial charge in [-0.2, -0.15) is 0 Å². The maximum absolute atomic E-state index is 10.2. The van der Waals surface area contributed by atoms with Crippen molar-refractivity contribution in [3.8, 4) is 0 Å². The molecule has 0 saturated heterocycles. The fourth-order valence-corrected chi connectivity index (χ4v) is 2.83. The van der Waals surface area contributed by atoms with Crippen LogP contribution in [0.1, 0.15) is 16.9 Å². The van der Waals surface area contributed by atoms with Crippen molar-refractivity contribution in [2.45, 2.75) is 11.8 Å². The van der Waals surface area contributed by atoms with Gasteiger partial charge in [0, 0.05) is 6.42 Å². The van der Waals surface area contributed by atoms with E-state index >= 15 is 0 Å². The van der Waals surface area contributed by atoms with Crippen molar-refractivity contribution in [3.63, 3.8) is 0 Å². The molecule has 0 aliphatic carbocycles. The van der Waals surface area contributed by atoms with Crippen LogP contribution in [0.25, 0.3) is 0 Å². The van der Waals surface area contributed by atoms with Gasteiger partial charge in [0.25, 0.3) is 0 Å².